The zero-order valence-electron chi connectivity index (χ0n) is 12.7. The van der Waals surface area contributed by atoms with Crippen molar-refractivity contribution in [3.63, 3.8) is 0 Å². The molecule has 0 aliphatic heterocycles. The van der Waals surface area contributed by atoms with Gasteiger partial charge in [0.2, 0.25) is 0 Å². The van der Waals surface area contributed by atoms with Crippen molar-refractivity contribution in [2.75, 3.05) is 11.5 Å². The largest absolute Gasteiger partial charge is 0.399 e. The highest BCUT2D eigenvalue weighted by atomic mass is 14.7. The van der Waals surface area contributed by atoms with Crippen molar-refractivity contribution in [2.24, 2.45) is 16.7 Å². The Morgan fingerprint density at radius 1 is 0.950 bits per heavy atom. The Hall–Kier alpha value is -1.18. The SMILES string of the molecule is CC12CC3CC(C)(C1)CC(c1ccc(N)cc1N)(C3)C2. The Kier molecular flexibility index (Phi) is 2.21. The highest BCUT2D eigenvalue weighted by Gasteiger charge is 2.60. The maximum absolute atomic E-state index is 6.35. The van der Waals surface area contributed by atoms with Crippen LogP contribution in [0.25, 0.3) is 0 Å². The van der Waals surface area contributed by atoms with E-state index >= 15 is 0 Å². The summed E-state index contributed by atoms with van der Waals surface area (Å²) in [7, 11) is 0. The molecule has 4 aliphatic rings. The minimum atomic E-state index is 0.320. The van der Waals surface area contributed by atoms with Gasteiger partial charge in [0.05, 0.1) is 0 Å². The van der Waals surface area contributed by atoms with E-state index in [1.54, 1.807) is 0 Å². The Labute approximate surface area is 121 Å². The van der Waals surface area contributed by atoms with E-state index in [0.717, 1.165) is 17.3 Å². The van der Waals surface area contributed by atoms with Gasteiger partial charge in [0, 0.05) is 11.4 Å². The second-order valence-electron chi connectivity index (χ2n) is 8.76. The average molecular weight is 270 g/mol. The molecule has 2 nitrogen and oxygen atoms in total. The van der Waals surface area contributed by atoms with Gasteiger partial charge in [0.25, 0.3) is 0 Å². The molecule has 0 aromatic heterocycles. The summed E-state index contributed by atoms with van der Waals surface area (Å²) in [5.41, 5.74) is 16.7. The van der Waals surface area contributed by atoms with E-state index in [1.807, 2.05) is 12.1 Å². The van der Waals surface area contributed by atoms with Gasteiger partial charge in [-0.05, 0) is 78.4 Å². The summed E-state index contributed by atoms with van der Waals surface area (Å²) in [4.78, 5) is 0. The van der Waals surface area contributed by atoms with E-state index in [4.69, 9.17) is 11.5 Å². The van der Waals surface area contributed by atoms with Crippen molar-refractivity contribution in [3.8, 4) is 0 Å². The van der Waals surface area contributed by atoms with Crippen LogP contribution in [0.5, 0.6) is 0 Å². The van der Waals surface area contributed by atoms with Gasteiger partial charge in [-0.2, -0.15) is 0 Å². The van der Waals surface area contributed by atoms with E-state index in [0.29, 0.717) is 16.2 Å². The summed E-state index contributed by atoms with van der Waals surface area (Å²) in [6.45, 7) is 5.02. The lowest BCUT2D eigenvalue weighted by Crippen LogP contribution is -2.57. The van der Waals surface area contributed by atoms with E-state index in [1.165, 1.54) is 44.1 Å². The fourth-order valence-corrected chi connectivity index (χ4v) is 6.81. The second-order valence-corrected chi connectivity index (χ2v) is 8.76. The fraction of sp³-hybridized carbons (Fsp3) is 0.667. The first-order valence-electron chi connectivity index (χ1n) is 7.97. The van der Waals surface area contributed by atoms with Crippen LogP contribution in [0.15, 0.2) is 18.2 Å². The Morgan fingerprint density at radius 2 is 1.60 bits per heavy atom. The van der Waals surface area contributed by atoms with Crippen molar-refractivity contribution in [1.82, 2.24) is 0 Å². The van der Waals surface area contributed by atoms with Crippen LogP contribution in [0.2, 0.25) is 0 Å². The molecule has 1 aromatic rings. The van der Waals surface area contributed by atoms with Gasteiger partial charge in [0.15, 0.2) is 0 Å². The van der Waals surface area contributed by atoms with Crippen LogP contribution in [0.1, 0.15) is 57.9 Å². The maximum atomic E-state index is 6.35. The molecule has 0 amide bonds. The fourth-order valence-electron chi connectivity index (χ4n) is 6.81. The molecule has 108 valence electrons. The van der Waals surface area contributed by atoms with Crippen molar-refractivity contribution in [2.45, 2.75) is 57.8 Å². The summed E-state index contributed by atoms with van der Waals surface area (Å²) in [5, 5.41) is 0. The van der Waals surface area contributed by atoms with Crippen LogP contribution < -0.4 is 11.5 Å². The normalized spacial score (nSPS) is 45.8. The lowest BCUT2D eigenvalue weighted by atomic mass is 9.39. The van der Waals surface area contributed by atoms with Gasteiger partial charge in [0.1, 0.15) is 0 Å². The number of nitrogen functional groups attached to an aromatic ring is 2. The molecule has 5 rings (SSSR count). The summed E-state index contributed by atoms with van der Waals surface area (Å²) in [6, 6.07) is 6.21. The molecule has 2 unspecified atom stereocenters. The lowest BCUT2D eigenvalue weighted by molar-refractivity contribution is -0.109. The molecule has 0 radical (unpaired) electrons. The van der Waals surface area contributed by atoms with Crippen LogP contribution in [-0.4, -0.2) is 0 Å². The first-order chi connectivity index (χ1) is 9.32. The zero-order valence-corrected chi connectivity index (χ0v) is 12.7. The third kappa shape index (κ3) is 1.63. The van der Waals surface area contributed by atoms with Crippen molar-refractivity contribution in [3.05, 3.63) is 23.8 Å². The van der Waals surface area contributed by atoms with Crippen LogP contribution in [-0.2, 0) is 5.41 Å². The van der Waals surface area contributed by atoms with E-state index < -0.39 is 0 Å². The predicted octanol–water partition coefficient (Wildman–Crippen LogP) is 4.10. The molecule has 0 spiro atoms. The number of rotatable bonds is 1. The van der Waals surface area contributed by atoms with Crippen molar-refractivity contribution in [1.29, 1.82) is 0 Å². The minimum Gasteiger partial charge on any atom is -0.399 e. The molecule has 20 heavy (non-hydrogen) atoms. The molecule has 1 aromatic carbocycles. The predicted molar refractivity (Wildman–Crippen MR) is 84.4 cm³/mol. The summed E-state index contributed by atoms with van der Waals surface area (Å²) in [5.74, 6) is 0.901. The minimum absolute atomic E-state index is 0.320. The van der Waals surface area contributed by atoms with E-state index in [9.17, 15) is 0 Å². The first kappa shape index (κ1) is 12.6. The third-order valence-electron chi connectivity index (χ3n) is 6.27. The summed E-state index contributed by atoms with van der Waals surface area (Å²) >= 11 is 0. The molecule has 4 aliphatic carbocycles. The Morgan fingerprint density at radius 3 is 2.15 bits per heavy atom. The first-order valence-corrected chi connectivity index (χ1v) is 7.97. The quantitative estimate of drug-likeness (QED) is 0.755. The van der Waals surface area contributed by atoms with E-state index in [-0.39, 0.29) is 0 Å². The number of nitrogens with two attached hydrogens (primary N) is 2. The molecule has 0 saturated heterocycles. The molecule has 4 fully saturated rings. The maximum Gasteiger partial charge on any atom is 0.0372 e. The van der Waals surface area contributed by atoms with Crippen LogP contribution in [0, 0.1) is 16.7 Å². The zero-order chi connectivity index (χ0) is 14.2. The monoisotopic (exact) mass is 270 g/mol. The smallest absolute Gasteiger partial charge is 0.0372 e. The number of hydrogen-bond donors (Lipinski definition) is 2. The van der Waals surface area contributed by atoms with Crippen molar-refractivity contribution >= 4 is 11.4 Å². The molecule has 2 atom stereocenters. The molecule has 4 saturated carbocycles. The standard InChI is InChI=1S/C18H26N2/c1-16-6-12-7-17(2,9-16)11-18(8-12,10-16)14-4-3-13(19)5-15(14)20/h3-5,12H,6-11,19-20H2,1-2H3. The average Bonchev–Trinajstić information content (AvgIpc) is 2.22. The van der Waals surface area contributed by atoms with Gasteiger partial charge in [-0.25, -0.2) is 0 Å². The van der Waals surface area contributed by atoms with E-state index in [2.05, 4.69) is 19.9 Å². The topological polar surface area (TPSA) is 52.0 Å². The number of benzene rings is 1. The summed E-state index contributed by atoms with van der Waals surface area (Å²) in [6.07, 6.45) is 8.25. The lowest BCUT2D eigenvalue weighted by Gasteiger charge is -2.65. The molecule has 2 heteroatoms. The van der Waals surface area contributed by atoms with Gasteiger partial charge >= 0.3 is 0 Å². The molecule has 4 bridgehead atoms. The molecule has 4 N–H and O–H groups in total. The van der Waals surface area contributed by atoms with Gasteiger partial charge in [-0.3, -0.25) is 0 Å². The third-order valence-corrected chi connectivity index (χ3v) is 6.27. The Balaban J connectivity index is 1.84. The van der Waals surface area contributed by atoms with Crippen molar-refractivity contribution < 1.29 is 0 Å². The number of anilines is 2. The molecule has 0 heterocycles. The van der Waals surface area contributed by atoms with Crippen LogP contribution >= 0.6 is 0 Å². The second kappa shape index (κ2) is 3.52. The van der Waals surface area contributed by atoms with Crippen LogP contribution in [0.4, 0.5) is 11.4 Å². The van der Waals surface area contributed by atoms with Gasteiger partial charge in [-0.1, -0.05) is 19.9 Å². The van der Waals surface area contributed by atoms with Gasteiger partial charge in [-0.15, -0.1) is 0 Å². The van der Waals surface area contributed by atoms with Gasteiger partial charge < -0.3 is 11.5 Å². The highest BCUT2D eigenvalue weighted by Crippen LogP contribution is 2.70. The highest BCUT2D eigenvalue weighted by molar-refractivity contribution is 5.60. The molecular formula is C18H26N2. The number of hydrogen-bond acceptors (Lipinski definition) is 2. The summed E-state index contributed by atoms with van der Waals surface area (Å²) < 4.78 is 0. The van der Waals surface area contributed by atoms with Crippen LogP contribution in [0.3, 0.4) is 0 Å². The molecular weight excluding hydrogens is 244 g/mol. The Bertz CT molecular complexity index is 559.